The van der Waals surface area contributed by atoms with Crippen LogP contribution in [0, 0.1) is 0 Å². The molecule has 0 amide bonds. The van der Waals surface area contributed by atoms with Gasteiger partial charge in [-0.25, -0.2) is 0 Å². The lowest BCUT2D eigenvalue weighted by Gasteiger charge is -2.40. The molecule has 3 heterocycles. The van der Waals surface area contributed by atoms with E-state index >= 15 is 0 Å². The fourth-order valence-electron chi connectivity index (χ4n) is 5.56. The van der Waals surface area contributed by atoms with Crippen LogP contribution in [0.5, 0.6) is 28.7 Å². The smallest absolute Gasteiger partial charge is 0.303 e. The molecule has 49 heavy (non-hydrogen) atoms. The van der Waals surface area contributed by atoms with Gasteiger partial charge in [0.2, 0.25) is 29.5 Å². The van der Waals surface area contributed by atoms with Gasteiger partial charge in [-0.15, -0.1) is 0 Å². The zero-order valence-electron chi connectivity index (χ0n) is 26.8. The molecule has 266 valence electrons. The molecule has 0 unspecified atom stereocenters. The van der Waals surface area contributed by atoms with E-state index in [4.69, 9.17) is 37.6 Å². The van der Waals surface area contributed by atoms with Gasteiger partial charge in [0, 0.05) is 25.5 Å². The molecule has 17 nitrogen and oxygen atoms in total. The summed E-state index contributed by atoms with van der Waals surface area (Å²) in [5.74, 6) is -4.08. The predicted octanol–water partition coefficient (Wildman–Crippen LogP) is 0.434. The number of phenols is 2. The number of rotatable bonds is 8. The lowest BCUT2D eigenvalue weighted by atomic mass is 9.99. The van der Waals surface area contributed by atoms with Crippen molar-refractivity contribution in [2.45, 2.75) is 89.1 Å². The van der Waals surface area contributed by atoms with Crippen LogP contribution in [0.4, 0.5) is 0 Å². The minimum absolute atomic E-state index is 0.122. The molecule has 10 atom stereocenters. The average molecular weight is 693 g/mol. The maximum absolute atomic E-state index is 14.1. The number of carbonyl (C=O) groups is 2. The molecular formula is C32H36O17. The Labute approximate surface area is 277 Å². The molecule has 17 heteroatoms. The van der Waals surface area contributed by atoms with E-state index in [-0.39, 0.29) is 28.4 Å². The SMILES string of the molecule is COc1c(O[C@@H]2O[C@@H](C)[C@H](O)[C@@H](OC(C)=O)[C@@H]2O)cc2oc(-c3ccc(O)cc3)c(O[C@@H]3O[C@@H](C)[C@H](O)[C@@H](OC(C)=O)[C@@H]3O)c(=O)c2c1O. The first kappa shape index (κ1) is 35.7. The Kier molecular flexibility index (Phi) is 10.2. The van der Waals surface area contributed by atoms with Gasteiger partial charge in [-0.05, 0) is 38.1 Å². The first-order chi connectivity index (χ1) is 23.1. The molecule has 0 radical (unpaired) electrons. The number of benzene rings is 2. The summed E-state index contributed by atoms with van der Waals surface area (Å²) in [4.78, 5) is 37.5. The number of carbonyl (C=O) groups excluding carboxylic acids is 2. The lowest BCUT2D eigenvalue weighted by Crippen LogP contribution is -2.59. The number of fused-ring (bicyclic) bond motifs is 1. The number of methoxy groups -OCH3 is 1. The van der Waals surface area contributed by atoms with Crippen LogP contribution in [0.15, 0.2) is 39.5 Å². The van der Waals surface area contributed by atoms with Gasteiger partial charge >= 0.3 is 11.9 Å². The highest BCUT2D eigenvalue weighted by molar-refractivity contribution is 5.91. The van der Waals surface area contributed by atoms with E-state index in [0.717, 1.165) is 27.0 Å². The third kappa shape index (κ3) is 6.94. The van der Waals surface area contributed by atoms with E-state index in [1.165, 1.54) is 38.1 Å². The molecule has 3 aromatic rings. The van der Waals surface area contributed by atoms with E-state index in [0.29, 0.717) is 0 Å². The molecule has 0 spiro atoms. The van der Waals surface area contributed by atoms with Gasteiger partial charge in [0.05, 0.1) is 19.3 Å². The van der Waals surface area contributed by atoms with Crippen molar-refractivity contribution < 1.29 is 77.8 Å². The summed E-state index contributed by atoms with van der Waals surface area (Å²) in [7, 11) is 1.15. The van der Waals surface area contributed by atoms with Crippen LogP contribution in [0.1, 0.15) is 27.7 Å². The van der Waals surface area contributed by atoms with Gasteiger partial charge in [-0.3, -0.25) is 14.4 Å². The quantitative estimate of drug-likeness (QED) is 0.175. The normalized spacial score (nSPS) is 30.0. The summed E-state index contributed by atoms with van der Waals surface area (Å²) in [6.07, 6.45) is -14.6. The Bertz CT molecular complexity index is 1750. The summed E-state index contributed by atoms with van der Waals surface area (Å²) in [5, 5.41) is 63.5. The zero-order chi connectivity index (χ0) is 35.9. The fraction of sp³-hybridized carbons (Fsp3) is 0.469. The van der Waals surface area contributed by atoms with Crippen molar-refractivity contribution in [3.05, 3.63) is 40.6 Å². The summed E-state index contributed by atoms with van der Waals surface area (Å²) in [6, 6.07) is 6.50. The van der Waals surface area contributed by atoms with Gasteiger partial charge in [0.25, 0.3) is 0 Å². The predicted molar refractivity (Wildman–Crippen MR) is 163 cm³/mol. The van der Waals surface area contributed by atoms with E-state index < -0.39 is 101 Å². The van der Waals surface area contributed by atoms with Crippen molar-refractivity contribution in [2.24, 2.45) is 0 Å². The van der Waals surface area contributed by atoms with Crippen molar-refractivity contribution in [1.29, 1.82) is 0 Å². The molecule has 2 aliphatic heterocycles. The first-order valence-corrected chi connectivity index (χ1v) is 15.0. The van der Waals surface area contributed by atoms with Gasteiger partial charge in [-0.1, -0.05) is 0 Å². The number of aliphatic hydroxyl groups is 4. The maximum Gasteiger partial charge on any atom is 0.303 e. The molecule has 0 saturated carbocycles. The molecule has 2 aromatic carbocycles. The molecule has 6 N–H and O–H groups in total. The summed E-state index contributed by atoms with van der Waals surface area (Å²) in [5.41, 5.74) is -1.11. The minimum Gasteiger partial charge on any atom is -0.508 e. The monoisotopic (exact) mass is 692 g/mol. The highest BCUT2D eigenvalue weighted by Gasteiger charge is 2.48. The molecule has 1 aromatic heterocycles. The van der Waals surface area contributed by atoms with Crippen LogP contribution < -0.4 is 19.6 Å². The third-order valence-corrected chi connectivity index (χ3v) is 8.01. The van der Waals surface area contributed by atoms with Crippen LogP contribution in [0.3, 0.4) is 0 Å². The number of ether oxygens (including phenoxy) is 7. The van der Waals surface area contributed by atoms with Gasteiger partial charge < -0.3 is 68.2 Å². The molecular weight excluding hydrogens is 656 g/mol. The second-order valence-corrected chi connectivity index (χ2v) is 11.5. The Morgan fingerprint density at radius 3 is 1.76 bits per heavy atom. The average Bonchev–Trinajstić information content (AvgIpc) is 3.04. The molecule has 0 aliphatic carbocycles. The summed E-state index contributed by atoms with van der Waals surface area (Å²) >= 11 is 0. The molecule has 5 rings (SSSR count). The Balaban J connectivity index is 1.62. The Morgan fingerprint density at radius 1 is 0.755 bits per heavy atom. The van der Waals surface area contributed by atoms with Gasteiger partial charge in [-0.2, -0.15) is 0 Å². The standard InChI is InChI=1S/C32H36O17/c1-11-20(36)28(45-13(3)33)24(40)31(43-11)48-18-10-17-19(22(38)27(18)42-5)23(39)30(26(47-17)15-6-8-16(35)9-7-15)49-32-25(41)29(46-14(4)34)21(37)12(2)44-32/h6-12,20-21,24-25,28-29,31-32,35-38,40-41H,1-5H3/t11-,12-,20-,21-,24-,25-,28+,29+,31-,32-/m0/s1. The number of hydrogen-bond donors (Lipinski definition) is 6. The highest BCUT2D eigenvalue weighted by Crippen LogP contribution is 2.45. The van der Waals surface area contributed by atoms with Crippen molar-refractivity contribution >= 4 is 22.9 Å². The van der Waals surface area contributed by atoms with Gasteiger partial charge in [0.15, 0.2) is 41.7 Å². The summed E-state index contributed by atoms with van der Waals surface area (Å²) in [6.45, 7) is 5.04. The van der Waals surface area contributed by atoms with Crippen LogP contribution in [-0.4, -0.2) is 111 Å². The summed E-state index contributed by atoms with van der Waals surface area (Å²) < 4.78 is 44.5. The van der Waals surface area contributed by atoms with E-state index in [1.54, 1.807) is 0 Å². The van der Waals surface area contributed by atoms with Crippen molar-refractivity contribution in [3.8, 4) is 40.1 Å². The van der Waals surface area contributed by atoms with E-state index in [9.17, 15) is 45.0 Å². The zero-order valence-corrected chi connectivity index (χ0v) is 26.8. The second-order valence-electron chi connectivity index (χ2n) is 11.5. The number of hydrogen-bond acceptors (Lipinski definition) is 17. The number of esters is 2. The van der Waals surface area contributed by atoms with Crippen LogP contribution in [-0.2, 0) is 28.5 Å². The van der Waals surface area contributed by atoms with Crippen molar-refractivity contribution in [2.75, 3.05) is 7.11 Å². The molecule has 0 bridgehead atoms. The largest absolute Gasteiger partial charge is 0.508 e. The second kappa shape index (κ2) is 14.1. The van der Waals surface area contributed by atoms with E-state index in [2.05, 4.69) is 0 Å². The highest BCUT2D eigenvalue weighted by atomic mass is 16.7. The Morgan fingerprint density at radius 2 is 1.27 bits per heavy atom. The Hall–Kier alpha value is -4.65. The molecule has 2 fully saturated rings. The van der Waals surface area contributed by atoms with Crippen LogP contribution >= 0.6 is 0 Å². The number of phenolic OH excluding ortho intramolecular Hbond substituents is 2. The van der Waals surface area contributed by atoms with Crippen molar-refractivity contribution in [3.63, 3.8) is 0 Å². The first-order valence-electron chi connectivity index (χ1n) is 15.0. The lowest BCUT2D eigenvalue weighted by molar-refractivity contribution is -0.272. The third-order valence-electron chi connectivity index (χ3n) is 8.01. The van der Waals surface area contributed by atoms with E-state index in [1.807, 2.05) is 0 Å². The molecule has 2 saturated heterocycles. The minimum atomic E-state index is -1.80. The van der Waals surface area contributed by atoms with Crippen LogP contribution in [0.2, 0.25) is 0 Å². The number of aromatic hydroxyl groups is 2. The fourth-order valence-corrected chi connectivity index (χ4v) is 5.56. The van der Waals surface area contributed by atoms with Crippen LogP contribution in [0.25, 0.3) is 22.3 Å². The molecule has 2 aliphatic rings. The maximum atomic E-state index is 14.1. The van der Waals surface area contributed by atoms with Crippen molar-refractivity contribution in [1.82, 2.24) is 0 Å². The van der Waals surface area contributed by atoms with Gasteiger partial charge in [0.1, 0.15) is 28.9 Å². The topological polar surface area (TPSA) is 250 Å². The number of aliphatic hydroxyl groups excluding tert-OH is 4.